The lowest BCUT2D eigenvalue weighted by Crippen LogP contribution is -2.48. The van der Waals surface area contributed by atoms with Crippen LogP contribution in [0.15, 0.2) is 36.8 Å². The number of rotatable bonds is 6. The van der Waals surface area contributed by atoms with Crippen LogP contribution < -0.4 is 10.6 Å². The molecule has 2 fully saturated rings. The summed E-state index contributed by atoms with van der Waals surface area (Å²) in [6.45, 7) is 1.09. The molecule has 1 saturated heterocycles. The molecule has 0 radical (unpaired) electrons. The van der Waals surface area contributed by atoms with Crippen molar-refractivity contribution in [3.8, 4) is 22.6 Å². The van der Waals surface area contributed by atoms with Crippen molar-refractivity contribution in [3.63, 3.8) is 0 Å². The third-order valence-corrected chi connectivity index (χ3v) is 7.02. The highest BCUT2D eigenvalue weighted by Crippen LogP contribution is 2.37. The molecule has 2 aromatic rings. The first-order valence-electron chi connectivity index (χ1n) is 11.7. The van der Waals surface area contributed by atoms with Gasteiger partial charge in [0.05, 0.1) is 37.2 Å². The number of alkyl halides is 1. The van der Waals surface area contributed by atoms with Gasteiger partial charge in [-0.1, -0.05) is 0 Å². The zero-order valence-electron chi connectivity index (χ0n) is 19.4. The molecule has 1 saturated carbocycles. The molecule has 4 atom stereocenters. The average molecular weight is 480 g/mol. The van der Waals surface area contributed by atoms with E-state index in [1.807, 2.05) is 24.4 Å². The number of aromatic nitrogens is 5. The van der Waals surface area contributed by atoms with E-state index in [4.69, 9.17) is 19.4 Å². The summed E-state index contributed by atoms with van der Waals surface area (Å²) in [4.78, 5) is 22.4. The predicted molar refractivity (Wildman–Crippen MR) is 126 cm³/mol. The number of hydrogen-bond donors (Lipinski definition) is 2. The van der Waals surface area contributed by atoms with Gasteiger partial charge in [-0.15, -0.1) is 0 Å². The van der Waals surface area contributed by atoms with Gasteiger partial charge in [-0.3, -0.25) is 4.79 Å². The molecule has 2 N–H and O–H groups in total. The SMILES string of the molecule is CNc1cc(-c2cnc3n([C@@H]4COC[C@H]4OC)cccc2-3)nc2c(C(=O)N[C@@H]3CC[C@@H]3F)cnn12. The quantitative estimate of drug-likeness (QED) is 0.438. The first-order valence-corrected chi connectivity index (χ1v) is 11.7. The van der Waals surface area contributed by atoms with Gasteiger partial charge in [0.2, 0.25) is 0 Å². The van der Waals surface area contributed by atoms with E-state index >= 15 is 0 Å². The second kappa shape index (κ2) is 8.58. The van der Waals surface area contributed by atoms with Gasteiger partial charge in [0, 0.05) is 43.7 Å². The zero-order chi connectivity index (χ0) is 24.1. The molecular weight excluding hydrogens is 453 g/mol. The standard InChI is InChI=1S/C24H26FN7O3/c1-26-21-8-18(29-23-15(10-28-32(21)23)24(33)30-17-6-5-16(17)25)14-9-27-22-13(14)4-3-7-31(22)19-11-35-12-20(19)34-2/h3-4,7-10,16-17,19-20,26H,5-6,11-12H2,1-2H3,(H,30,33)/t16-,17+,19+,20+/m0/s1. The lowest BCUT2D eigenvalue weighted by Gasteiger charge is -2.30. The third-order valence-electron chi connectivity index (χ3n) is 7.02. The largest absolute Gasteiger partial charge is 0.377 e. The van der Waals surface area contributed by atoms with Gasteiger partial charge in [0.25, 0.3) is 5.91 Å². The van der Waals surface area contributed by atoms with Gasteiger partial charge in [0.1, 0.15) is 29.5 Å². The maximum absolute atomic E-state index is 13.7. The van der Waals surface area contributed by atoms with E-state index < -0.39 is 12.2 Å². The molecule has 0 bridgehead atoms. The number of pyridine rings is 1. The Morgan fingerprint density at radius 2 is 2.14 bits per heavy atom. The molecule has 0 unspecified atom stereocenters. The van der Waals surface area contributed by atoms with Crippen molar-refractivity contribution < 1.29 is 18.7 Å². The Morgan fingerprint density at radius 3 is 2.89 bits per heavy atom. The number of methoxy groups -OCH3 is 1. The van der Waals surface area contributed by atoms with E-state index in [0.717, 1.165) is 17.0 Å². The second-order valence-corrected chi connectivity index (χ2v) is 8.95. The molecule has 35 heavy (non-hydrogen) atoms. The summed E-state index contributed by atoms with van der Waals surface area (Å²) in [7, 11) is 3.47. The van der Waals surface area contributed by atoms with Crippen LogP contribution in [0.1, 0.15) is 29.2 Å². The number of carbonyl (C=O) groups excluding carboxylic acids is 1. The fourth-order valence-electron chi connectivity index (χ4n) is 4.84. The Bertz CT molecular complexity index is 1370. The summed E-state index contributed by atoms with van der Waals surface area (Å²) in [5.41, 5.74) is 3.09. The topological polar surface area (TPSA) is 108 Å². The van der Waals surface area contributed by atoms with Crippen molar-refractivity contribution in [2.24, 2.45) is 0 Å². The zero-order valence-corrected chi connectivity index (χ0v) is 19.4. The van der Waals surface area contributed by atoms with Crippen LogP contribution in [0.4, 0.5) is 10.2 Å². The molecule has 5 heterocycles. The first kappa shape index (κ1) is 21.9. The van der Waals surface area contributed by atoms with Crippen LogP contribution in [0.2, 0.25) is 0 Å². The van der Waals surface area contributed by atoms with E-state index in [1.165, 1.54) is 6.20 Å². The molecule has 0 spiro atoms. The van der Waals surface area contributed by atoms with E-state index in [9.17, 15) is 9.18 Å². The van der Waals surface area contributed by atoms with Crippen LogP contribution in [-0.4, -0.2) is 75.7 Å². The van der Waals surface area contributed by atoms with E-state index in [0.29, 0.717) is 48.8 Å². The maximum Gasteiger partial charge on any atom is 0.257 e. The van der Waals surface area contributed by atoms with Gasteiger partial charge >= 0.3 is 0 Å². The van der Waals surface area contributed by atoms with Crippen LogP contribution in [0.25, 0.3) is 28.3 Å². The molecule has 0 aromatic carbocycles. The first-order chi connectivity index (χ1) is 17.1. The molecule has 1 amide bonds. The number of hydrogen-bond acceptors (Lipinski definition) is 7. The number of nitrogens with zero attached hydrogens (tertiary/aromatic N) is 5. The van der Waals surface area contributed by atoms with Crippen molar-refractivity contribution >= 4 is 17.4 Å². The fraction of sp³-hybridized carbons (Fsp3) is 0.417. The summed E-state index contributed by atoms with van der Waals surface area (Å²) in [5.74, 6) is 1.09. The number of halogens is 1. The van der Waals surface area contributed by atoms with Crippen molar-refractivity contribution in [1.29, 1.82) is 0 Å². The monoisotopic (exact) mass is 479 g/mol. The smallest absolute Gasteiger partial charge is 0.257 e. The number of ether oxygens (including phenoxy) is 2. The van der Waals surface area contributed by atoms with Crippen molar-refractivity contribution in [2.45, 2.75) is 37.2 Å². The Balaban J connectivity index is 1.40. The van der Waals surface area contributed by atoms with Crippen LogP contribution >= 0.6 is 0 Å². The minimum Gasteiger partial charge on any atom is -0.377 e. The highest BCUT2D eigenvalue weighted by molar-refractivity contribution is 6.00. The number of amides is 1. The van der Waals surface area contributed by atoms with E-state index in [-0.39, 0.29) is 18.1 Å². The average Bonchev–Trinajstić information content (AvgIpc) is 3.63. The Kier molecular flexibility index (Phi) is 5.37. The summed E-state index contributed by atoms with van der Waals surface area (Å²) in [6.07, 6.45) is 5.29. The molecule has 4 aliphatic rings. The van der Waals surface area contributed by atoms with Gasteiger partial charge in [-0.25, -0.2) is 14.4 Å². The molecular formula is C24H26FN7O3. The van der Waals surface area contributed by atoms with Crippen molar-refractivity contribution in [3.05, 3.63) is 42.4 Å². The van der Waals surface area contributed by atoms with E-state index in [1.54, 1.807) is 24.9 Å². The summed E-state index contributed by atoms with van der Waals surface area (Å²) >= 11 is 0. The number of anilines is 1. The highest BCUT2D eigenvalue weighted by Gasteiger charge is 2.34. The maximum atomic E-state index is 13.7. The van der Waals surface area contributed by atoms with Gasteiger partial charge in [-0.05, 0) is 25.0 Å². The third kappa shape index (κ3) is 3.53. The van der Waals surface area contributed by atoms with Crippen LogP contribution in [0, 0.1) is 0 Å². The number of carbonyl (C=O) groups is 1. The highest BCUT2D eigenvalue weighted by atomic mass is 19.1. The van der Waals surface area contributed by atoms with Gasteiger partial charge in [-0.2, -0.15) is 9.61 Å². The number of fused-ring (bicyclic) bond motifs is 2. The normalized spacial score (nSPS) is 24.1. The van der Waals surface area contributed by atoms with E-state index in [2.05, 4.69) is 20.3 Å². The van der Waals surface area contributed by atoms with Crippen molar-refractivity contribution in [2.75, 3.05) is 32.7 Å². The molecule has 6 rings (SSSR count). The predicted octanol–water partition coefficient (Wildman–Crippen LogP) is 2.56. The van der Waals surface area contributed by atoms with Gasteiger partial charge in [0.15, 0.2) is 5.65 Å². The summed E-state index contributed by atoms with van der Waals surface area (Å²) in [5, 5.41) is 10.2. The van der Waals surface area contributed by atoms with Gasteiger partial charge < -0.3 is 24.7 Å². The van der Waals surface area contributed by atoms with Crippen molar-refractivity contribution in [1.82, 2.24) is 29.5 Å². The molecule has 3 aliphatic heterocycles. The molecule has 182 valence electrons. The van der Waals surface area contributed by atoms with Crippen LogP contribution in [-0.2, 0) is 9.47 Å². The minimum absolute atomic E-state index is 0.0192. The molecule has 11 heteroatoms. The second-order valence-electron chi connectivity index (χ2n) is 8.95. The molecule has 1 aliphatic carbocycles. The van der Waals surface area contributed by atoms with Crippen LogP contribution in [0.5, 0.6) is 0 Å². The summed E-state index contributed by atoms with van der Waals surface area (Å²) < 4.78 is 28.6. The minimum atomic E-state index is -1.01. The summed E-state index contributed by atoms with van der Waals surface area (Å²) in [6, 6.07) is 5.40. The molecule has 2 aromatic heterocycles. The Labute approximate surface area is 200 Å². The fourth-order valence-corrected chi connectivity index (χ4v) is 4.84. The lowest BCUT2D eigenvalue weighted by molar-refractivity contribution is 0.0686. The molecule has 10 nitrogen and oxygen atoms in total. The number of nitrogens with one attached hydrogen (secondary N) is 2. The Morgan fingerprint density at radius 1 is 1.26 bits per heavy atom. The lowest BCUT2D eigenvalue weighted by atomic mass is 9.90. The Hall–Kier alpha value is -3.57. The van der Waals surface area contributed by atoms with Crippen LogP contribution in [0.3, 0.4) is 0 Å².